The van der Waals surface area contributed by atoms with Crippen LogP contribution >= 0.6 is 27.3 Å². The molecule has 0 saturated heterocycles. The summed E-state index contributed by atoms with van der Waals surface area (Å²) >= 11 is 4.64. The van der Waals surface area contributed by atoms with Crippen LogP contribution in [-0.2, 0) is 16.6 Å². The van der Waals surface area contributed by atoms with E-state index in [2.05, 4.69) is 26.0 Å². The number of thiophene rings is 1. The molecular weight excluding hydrogens is 372 g/mol. The van der Waals surface area contributed by atoms with Gasteiger partial charge in [-0.15, -0.1) is 11.3 Å². The monoisotopic (exact) mass is 388 g/mol. The van der Waals surface area contributed by atoms with Crippen LogP contribution < -0.4 is 10.0 Å². The lowest BCUT2D eigenvalue weighted by atomic mass is 10.1. The number of hydrogen-bond acceptors (Lipinski definition) is 4. The lowest BCUT2D eigenvalue weighted by Crippen LogP contribution is -2.13. The first-order chi connectivity index (χ1) is 9.83. The Kier molecular flexibility index (Phi) is 5.08. The normalized spacial score (nSPS) is 11.6. The number of benzene rings is 1. The van der Waals surface area contributed by atoms with Crippen molar-refractivity contribution in [2.24, 2.45) is 0 Å². The highest BCUT2D eigenvalue weighted by Crippen LogP contribution is 2.29. The zero-order valence-corrected chi connectivity index (χ0v) is 15.2. The summed E-state index contributed by atoms with van der Waals surface area (Å²) in [6, 6.07) is 5.49. The van der Waals surface area contributed by atoms with Crippen LogP contribution in [0.15, 0.2) is 32.3 Å². The molecule has 0 amide bonds. The fraction of sp³-hybridized carbons (Fsp3) is 0.286. The molecule has 0 aliphatic heterocycles. The molecule has 2 N–H and O–H groups in total. The van der Waals surface area contributed by atoms with Gasteiger partial charge in [-0.3, -0.25) is 4.72 Å². The van der Waals surface area contributed by atoms with E-state index in [1.807, 2.05) is 38.4 Å². The summed E-state index contributed by atoms with van der Waals surface area (Å²) < 4.78 is 28.9. The van der Waals surface area contributed by atoms with E-state index in [0.29, 0.717) is 16.4 Å². The maximum atomic E-state index is 12.5. The molecule has 0 bridgehead atoms. The van der Waals surface area contributed by atoms with Gasteiger partial charge in [-0.2, -0.15) is 0 Å². The number of aryl methyl sites for hydroxylation is 2. The SMILES string of the molecule is CNCc1csc(S(=O)(=O)Nc2c(C)cc(Br)cc2C)c1. The molecule has 0 atom stereocenters. The van der Waals surface area contributed by atoms with Gasteiger partial charge in [0.25, 0.3) is 10.0 Å². The molecule has 21 heavy (non-hydrogen) atoms. The highest BCUT2D eigenvalue weighted by atomic mass is 79.9. The second-order valence-electron chi connectivity index (χ2n) is 4.82. The van der Waals surface area contributed by atoms with Gasteiger partial charge in [0.2, 0.25) is 0 Å². The van der Waals surface area contributed by atoms with Gasteiger partial charge < -0.3 is 5.32 Å². The first kappa shape index (κ1) is 16.5. The maximum Gasteiger partial charge on any atom is 0.271 e. The Hall–Kier alpha value is -0.890. The summed E-state index contributed by atoms with van der Waals surface area (Å²) in [5.41, 5.74) is 3.38. The summed E-state index contributed by atoms with van der Waals surface area (Å²) in [6.45, 7) is 4.43. The van der Waals surface area contributed by atoms with E-state index in [1.54, 1.807) is 6.07 Å². The minimum atomic E-state index is -3.54. The molecule has 0 fully saturated rings. The van der Waals surface area contributed by atoms with E-state index in [0.717, 1.165) is 21.2 Å². The predicted octanol–water partition coefficient (Wildman–Crippen LogP) is 3.65. The van der Waals surface area contributed by atoms with Crippen molar-refractivity contribution in [3.05, 3.63) is 44.7 Å². The van der Waals surface area contributed by atoms with Gasteiger partial charge in [0.05, 0.1) is 5.69 Å². The van der Waals surface area contributed by atoms with Crippen molar-refractivity contribution >= 4 is 43.0 Å². The Bertz CT molecular complexity index is 731. The summed E-state index contributed by atoms with van der Waals surface area (Å²) in [5.74, 6) is 0. The van der Waals surface area contributed by atoms with Crippen LogP contribution in [0.1, 0.15) is 16.7 Å². The molecule has 114 valence electrons. The molecule has 0 spiro atoms. The quantitative estimate of drug-likeness (QED) is 0.821. The Morgan fingerprint density at radius 3 is 2.38 bits per heavy atom. The lowest BCUT2D eigenvalue weighted by molar-refractivity contribution is 0.603. The molecule has 1 aromatic heterocycles. The zero-order valence-electron chi connectivity index (χ0n) is 12.0. The summed E-state index contributed by atoms with van der Waals surface area (Å²) in [5, 5.41) is 4.86. The smallest absolute Gasteiger partial charge is 0.271 e. The van der Waals surface area contributed by atoms with E-state index < -0.39 is 10.0 Å². The van der Waals surface area contributed by atoms with Gasteiger partial charge in [0.1, 0.15) is 4.21 Å². The molecule has 2 rings (SSSR count). The van der Waals surface area contributed by atoms with E-state index in [9.17, 15) is 8.42 Å². The number of rotatable bonds is 5. The van der Waals surface area contributed by atoms with Crippen LogP contribution in [0.2, 0.25) is 0 Å². The van der Waals surface area contributed by atoms with Gasteiger partial charge in [-0.1, -0.05) is 15.9 Å². The van der Waals surface area contributed by atoms with Crippen LogP contribution in [0.25, 0.3) is 0 Å². The van der Waals surface area contributed by atoms with Crippen LogP contribution in [-0.4, -0.2) is 15.5 Å². The zero-order chi connectivity index (χ0) is 15.6. The summed E-state index contributed by atoms with van der Waals surface area (Å²) in [6.07, 6.45) is 0. The van der Waals surface area contributed by atoms with Gasteiger partial charge >= 0.3 is 0 Å². The summed E-state index contributed by atoms with van der Waals surface area (Å²) in [7, 11) is -1.71. The van der Waals surface area contributed by atoms with Crippen molar-refractivity contribution < 1.29 is 8.42 Å². The minimum Gasteiger partial charge on any atom is -0.316 e. The first-order valence-corrected chi connectivity index (χ1v) is 9.50. The van der Waals surface area contributed by atoms with Gasteiger partial charge in [0.15, 0.2) is 0 Å². The topological polar surface area (TPSA) is 58.2 Å². The molecule has 7 heteroatoms. The highest BCUT2D eigenvalue weighted by Gasteiger charge is 2.19. The fourth-order valence-electron chi connectivity index (χ4n) is 2.05. The third-order valence-corrected chi connectivity index (χ3v) is 6.31. The first-order valence-electron chi connectivity index (χ1n) is 6.35. The van der Waals surface area contributed by atoms with Crippen molar-refractivity contribution in [1.82, 2.24) is 5.32 Å². The number of nitrogens with one attached hydrogen (secondary N) is 2. The standard InChI is InChI=1S/C14H17BrN2O2S2/c1-9-4-12(15)5-10(2)14(9)17-21(18,19)13-6-11(7-16-3)8-20-13/h4-6,8,16-17H,7H2,1-3H3. The van der Waals surface area contributed by atoms with Crippen molar-refractivity contribution in [1.29, 1.82) is 0 Å². The van der Waals surface area contributed by atoms with E-state index >= 15 is 0 Å². The van der Waals surface area contributed by atoms with Gasteiger partial charge in [0, 0.05) is 11.0 Å². The van der Waals surface area contributed by atoms with E-state index in [1.165, 1.54) is 11.3 Å². The second kappa shape index (κ2) is 6.48. The maximum absolute atomic E-state index is 12.5. The van der Waals surface area contributed by atoms with E-state index in [-0.39, 0.29) is 0 Å². The Labute approximate surface area is 137 Å². The van der Waals surface area contributed by atoms with Crippen molar-refractivity contribution in [3.63, 3.8) is 0 Å². The number of sulfonamides is 1. The van der Waals surface area contributed by atoms with Crippen LogP contribution in [0, 0.1) is 13.8 Å². The highest BCUT2D eigenvalue weighted by molar-refractivity contribution is 9.10. The fourth-order valence-corrected chi connectivity index (χ4v) is 5.15. The van der Waals surface area contributed by atoms with Crippen molar-refractivity contribution in [3.8, 4) is 0 Å². The average Bonchev–Trinajstić information content (AvgIpc) is 2.84. The molecule has 2 aromatic rings. The summed E-state index contributed by atoms with van der Waals surface area (Å²) in [4.78, 5) is 0. The largest absolute Gasteiger partial charge is 0.316 e. The van der Waals surface area contributed by atoms with Crippen LogP contribution in [0.4, 0.5) is 5.69 Å². The third kappa shape index (κ3) is 3.85. The predicted molar refractivity (Wildman–Crippen MR) is 91.5 cm³/mol. The Morgan fingerprint density at radius 2 is 1.81 bits per heavy atom. The van der Waals surface area contributed by atoms with Crippen molar-refractivity contribution in [2.45, 2.75) is 24.6 Å². The molecule has 0 radical (unpaired) electrons. The number of hydrogen-bond donors (Lipinski definition) is 2. The molecule has 0 saturated carbocycles. The van der Waals surface area contributed by atoms with Gasteiger partial charge in [-0.05, 0) is 61.2 Å². The second-order valence-corrected chi connectivity index (χ2v) is 8.56. The van der Waals surface area contributed by atoms with Crippen LogP contribution in [0.3, 0.4) is 0 Å². The lowest BCUT2D eigenvalue weighted by Gasteiger charge is -2.13. The molecule has 0 aliphatic rings. The third-order valence-electron chi connectivity index (χ3n) is 3.01. The van der Waals surface area contributed by atoms with E-state index in [4.69, 9.17) is 0 Å². The Morgan fingerprint density at radius 1 is 1.19 bits per heavy atom. The molecule has 0 unspecified atom stereocenters. The number of anilines is 1. The molecule has 0 aliphatic carbocycles. The molecular formula is C14H17BrN2O2S2. The van der Waals surface area contributed by atoms with Gasteiger partial charge in [-0.25, -0.2) is 8.42 Å². The van der Waals surface area contributed by atoms with Crippen molar-refractivity contribution in [2.75, 3.05) is 11.8 Å². The number of halogens is 1. The van der Waals surface area contributed by atoms with Crippen LogP contribution in [0.5, 0.6) is 0 Å². The average molecular weight is 389 g/mol. The molecule has 4 nitrogen and oxygen atoms in total. The molecule has 1 aromatic carbocycles. The minimum absolute atomic E-state index is 0.328. The Balaban J connectivity index is 2.33. The molecule has 1 heterocycles.